The van der Waals surface area contributed by atoms with E-state index in [2.05, 4.69) is 22.9 Å². The molecule has 1 aromatic rings. The molecule has 1 saturated carbocycles. The van der Waals surface area contributed by atoms with Crippen LogP contribution in [0.3, 0.4) is 0 Å². The van der Waals surface area contributed by atoms with Gasteiger partial charge in [-0.05, 0) is 36.8 Å². The Kier molecular flexibility index (Phi) is 4.32. The number of amides is 1. The van der Waals surface area contributed by atoms with Crippen molar-refractivity contribution >= 4 is 17.3 Å². The highest BCUT2D eigenvalue weighted by atomic mass is 16.1. The van der Waals surface area contributed by atoms with Crippen molar-refractivity contribution < 1.29 is 4.79 Å². The zero-order valence-corrected chi connectivity index (χ0v) is 12.7. The van der Waals surface area contributed by atoms with Crippen LogP contribution in [0.4, 0.5) is 11.4 Å². The van der Waals surface area contributed by atoms with Gasteiger partial charge in [-0.1, -0.05) is 25.8 Å². The highest BCUT2D eigenvalue weighted by molar-refractivity contribution is 6.02. The first kappa shape index (κ1) is 14.2. The van der Waals surface area contributed by atoms with Crippen molar-refractivity contribution in [2.75, 3.05) is 30.3 Å². The summed E-state index contributed by atoms with van der Waals surface area (Å²) < 4.78 is 0. The lowest BCUT2D eigenvalue weighted by Gasteiger charge is -2.27. The van der Waals surface area contributed by atoms with Crippen molar-refractivity contribution in [1.82, 2.24) is 5.32 Å². The van der Waals surface area contributed by atoms with Crippen LogP contribution in [0.15, 0.2) is 18.2 Å². The van der Waals surface area contributed by atoms with Crippen LogP contribution >= 0.6 is 0 Å². The van der Waals surface area contributed by atoms with E-state index < -0.39 is 0 Å². The molecule has 1 aliphatic heterocycles. The van der Waals surface area contributed by atoms with Crippen LogP contribution in [0.2, 0.25) is 0 Å². The fourth-order valence-electron chi connectivity index (χ4n) is 3.33. The Morgan fingerprint density at radius 1 is 1.19 bits per heavy atom. The zero-order chi connectivity index (χ0) is 14.7. The minimum absolute atomic E-state index is 0.0432. The van der Waals surface area contributed by atoms with E-state index in [1.54, 1.807) is 0 Å². The molecule has 0 radical (unpaired) electrons. The SMILES string of the molecule is CC1CCC(CNC(=O)c2cccc3c2NCCN3)CC1. The van der Waals surface area contributed by atoms with E-state index in [1.165, 1.54) is 25.7 Å². The van der Waals surface area contributed by atoms with Gasteiger partial charge in [-0.25, -0.2) is 0 Å². The number of hydrogen-bond acceptors (Lipinski definition) is 3. The van der Waals surface area contributed by atoms with Crippen molar-refractivity contribution in [2.45, 2.75) is 32.6 Å². The number of rotatable bonds is 3. The standard InChI is InChI=1S/C17H25N3O/c1-12-5-7-13(8-6-12)11-20-17(21)14-3-2-4-15-16(14)19-10-9-18-15/h2-4,12-13,18-19H,5-11H2,1H3,(H,20,21). The number of fused-ring (bicyclic) bond motifs is 1. The summed E-state index contributed by atoms with van der Waals surface area (Å²) in [5.74, 6) is 1.55. The van der Waals surface area contributed by atoms with Crippen molar-refractivity contribution in [3.05, 3.63) is 23.8 Å². The smallest absolute Gasteiger partial charge is 0.253 e. The summed E-state index contributed by atoms with van der Waals surface area (Å²) in [5, 5.41) is 9.79. The van der Waals surface area contributed by atoms with Gasteiger partial charge in [0, 0.05) is 19.6 Å². The molecule has 114 valence electrons. The lowest BCUT2D eigenvalue weighted by molar-refractivity contribution is 0.0942. The summed E-state index contributed by atoms with van der Waals surface area (Å²) in [5.41, 5.74) is 2.72. The highest BCUT2D eigenvalue weighted by Gasteiger charge is 2.21. The molecule has 3 rings (SSSR count). The number of carbonyl (C=O) groups excluding carboxylic acids is 1. The largest absolute Gasteiger partial charge is 0.382 e. The van der Waals surface area contributed by atoms with Gasteiger partial charge in [-0.15, -0.1) is 0 Å². The second kappa shape index (κ2) is 6.37. The van der Waals surface area contributed by atoms with Crippen molar-refractivity contribution in [3.63, 3.8) is 0 Å². The van der Waals surface area contributed by atoms with E-state index in [-0.39, 0.29) is 5.91 Å². The van der Waals surface area contributed by atoms with Crippen LogP contribution in [0.25, 0.3) is 0 Å². The van der Waals surface area contributed by atoms with Crippen LogP contribution in [-0.2, 0) is 0 Å². The molecule has 0 bridgehead atoms. The average molecular weight is 287 g/mol. The maximum absolute atomic E-state index is 12.4. The molecule has 0 unspecified atom stereocenters. The number of hydrogen-bond donors (Lipinski definition) is 3. The maximum atomic E-state index is 12.4. The van der Waals surface area contributed by atoms with Gasteiger partial charge >= 0.3 is 0 Å². The van der Waals surface area contributed by atoms with Gasteiger partial charge < -0.3 is 16.0 Å². The first-order chi connectivity index (χ1) is 10.2. The van der Waals surface area contributed by atoms with Gasteiger partial charge in [-0.3, -0.25) is 4.79 Å². The second-order valence-electron chi connectivity index (χ2n) is 6.42. The second-order valence-corrected chi connectivity index (χ2v) is 6.42. The van der Waals surface area contributed by atoms with E-state index in [4.69, 9.17) is 0 Å². The highest BCUT2D eigenvalue weighted by Crippen LogP contribution is 2.29. The van der Waals surface area contributed by atoms with E-state index >= 15 is 0 Å². The van der Waals surface area contributed by atoms with Gasteiger partial charge in [0.2, 0.25) is 0 Å². The molecule has 4 heteroatoms. The maximum Gasteiger partial charge on any atom is 0.253 e. The normalized spacial score (nSPS) is 24.4. The first-order valence-corrected chi connectivity index (χ1v) is 8.13. The Morgan fingerprint density at radius 3 is 2.76 bits per heavy atom. The monoisotopic (exact) mass is 287 g/mol. The molecule has 1 fully saturated rings. The minimum Gasteiger partial charge on any atom is -0.382 e. The zero-order valence-electron chi connectivity index (χ0n) is 12.7. The van der Waals surface area contributed by atoms with Gasteiger partial charge in [0.1, 0.15) is 0 Å². The van der Waals surface area contributed by atoms with Crippen molar-refractivity contribution in [3.8, 4) is 0 Å². The molecule has 0 atom stereocenters. The number of benzene rings is 1. The first-order valence-electron chi connectivity index (χ1n) is 8.13. The molecule has 1 heterocycles. The van der Waals surface area contributed by atoms with E-state index in [1.807, 2.05) is 18.2 Å². The van der Waals surface area contributed by atoms with Crippen molar-refractivity contribution in [1.29, 1.82) is 0 Å². The summed E-state index contributed by atoms with van der Waals surface area (Å²) in [6.45, 7) is 4.89. The topological polar surface area (TPSA) is 53.2 Å². The molecule has 0 saturated heterocycles. The summed E-state index contributed by atoms with van der Waals surface area (Å²) in [4.78, 5) is 12.4. The Balaban J connectivity index is 1.61. The predicted octanol–water partition coefficient (Wildman–Crippen LogP) is 3.08. The Hall–Kier alpha value is -1.71. The average Bonchev–Trinajstić information content (AvgIpc) is 2.53. The Bertz CT molecular complexity index is 507. The molecule has 1 aliphatic carbocycles. The van der Waals surface area contributed by atoms with Gasteiger partial charge in [0.25, 0.3) is 5.91 Å². The van der Waals surface area contributed by atoms with Crippen LogP contribution in [0.5, 0.6) is 0 Å². The fraction of sp³-hybridized carbons (Fsp3) is 0.588. The molecule has 3 N–H and O–H groups in total. The van der Waals surface area contributed by atoms with Crippen molar-refractivity contribution in [2.24, 2.45) is 11.8 Å². The lowest BCUT2D eigenvalue weighted by atomic mass is 9.83. The number of para-hydroxylation sites is 1. The molecule has 4 nitrogen and oxygen atoms in total. The van der Waals surface area contributed by atoms with E-state index in [9.17, 15) is 4.79 Å². The molecule has 1 aromatic carbocycles. The number of nitrogens with one attached hydrogen (secondary N) is 3. The van der Waals surface area contributed by atoms with Gasteiger partial charge in [0.15, 0.2) is 0 Å². The van der Waals surface area contributed by atoms with Crippen LogP contribution in [0, 0.1) is 11.8 Å². The van der Waals surface area contributed by atoms with E-state index in [0.717, 1.165) is 42.5 Å². The minimum atomic E-state index is 0.0432. The molecule has 0 aromatic heterocycles. The Labute approximate surface area is 126 Å². The van der Waals surface area contributed by atoms with Crippen LogP contribution < -0.4 is 16.0 Å². The molecular weight excluding hydrogens is 262 g/mol. The third-order valence-corrected chi connectivity index (χ3v) is 4.74. The molecule has 21 heavy (non-hydrogen) atoms. The molecule has 1 amide bonds. The quantitative estimate of drug-likeness (QED) is 0.801. The summed E-state index contributed by atoms with van der Waals surface area (Å²) in [6.07, 6.45) is 5.09. The fourth-order valence-corrected chi connectivity index (χ4v) is 3.33. The Morgan fingerprint density at radius 2 is 1.95 bits per heavy atom. The van der Waals surface area contributed by atoms with E-state index in [0.29, 0.717) is 5.92 Å². The molecule has 0 spiro atoms. The molecular formula is C17H25N3O. The predicted molar refractivity (Wildman–Crippen MR) is 86.9 cm³/mol. The molecule has 2 aliphatic rings. The number of anilines is 2. The van der Waals surface area contributed by atoms with Crippen LogP contribution in [-0.4, -0.2) is 25.5 Å². The summed E-state index contributed by atoms with van der Waals surface area (Å²) >= 11 is 0. The third kappa shape index (κ3) is 3.31. The summed E-state index contributed by atoms with van der Waals surface area (Å²) in [6, 6.07) is 5.86. The van der Waals surface area contributed by atoms with Gasteiger partial charge in [-0.2, -0.15) is 0 Å². The number of carbonyl (C=O) groups is 1. The lowest BCUT2D eigenvalue weighted by Crippen LogP contribution is -2.32. The third-order valence-electron chi connectivity index (χ3n) is 4.74. The van der Waals surface area contributed by atoms with Gasteiger partial charge in [0.05, 0.1) is 16.9 Å². The summed E-state index contributed by atoms with van der Waals surface area (Å²) in [7, 11) is 0. The van der Waals surface area contributed by atoms with Crippen LogP contribution in [0.1, 0.15) is 43.0 Å².